The molecule has 3 aliphatic rings. The third kappa shape index (κ3) is 5.66. The second-order valence-electron chi connectivity index (χ2n) is 9.24. The molecule has 2 aromatic carbocycles. The number of aliphatic hydroxyl groups is 1. The van der Waals surface area contributed by atoms with Gasteiger partial charge in [-0.15, -0.1) is 0 Å². The van der Waals surface area contributed by atoms with E-state index in [1.165, 1.54) is 5.69 Å². The quantitative estimate of drug-likeness (QED) is 0.562. The Morgan fingerprint density at radius 1 is 0.972 bits per heavy atom. The number of para-hydroxylation sites is 1. The summed E-state index contributed by atoms with van der Waals surface area (Å²) in [7, 11) is 0. The molecular weight excluding hydrogens is 464 g/mol. The molecule has 5 rings (SSSR count). The summed E-state index contributed by atoms with van der Waals surface area (Å²) in [5.74, 6) is 1.29. The van der Waals surface area contributed by atoms with Crippen LogP contribution in [0.2, 0.25) is 0 Å². The molecule has 3 amide bonds. The van der Waals surface area contributed by atoms with Crippen molar-refractivity contribution in [2.75, 3.05) is 49.8 Å². The van der Waals surface area contributed by atoms with E-state index in [2.05, 4.69) is 27.7 Å². The number of fused-ring (bicyclic) bond motifs is 1. The molecule has 0 unspecified atom stereocenters. The second kappa shape index (κ2) is 11.0. The molecule has 2 aromatic rings. The van der Waals surface area contributed by atoms with Gasteiger partial charge in [-0.3, -0.25) is 4.79 Å². The van der Waals surface area contributed by atoms with E-state index >= 15 is 0 Å². The third-order valence-electron chi connectivity index (χ3n) is 6.90. The molecule has 0 aromatic heterocycles. The van der Waals surface area contributed by atoms with Gasteiger partial charge >= 0.3 is 6.03 Å². The van der Waals surface area contributed by atoms with E-state index in [1.54, 1.807) is 18.2 Å². The first-order valence-corrected chi connectivity index (χ1v) is 12.4. The van der Waals surface area contributed by atoms with Gasteiger partial charge in [0.15, 0.2) is 11.5 Å². The number of anilines is 2. The highest BCUT2D eigenvalue weighted by Crippen LogP contribution is 2.34. The molecule has 3 N–H and O–H groups in total. The van der Waals surface area contributed by atoms with Crippen molar-refractivity contribution in [3.63, 3.8) is 0 Å². The topological polar surface area (TPSA) is 113 Å². The van der Waals surface area contributed by atoms with Gasteiger partial charge in [-0.2, -0.15) is 0 Å². The number of benzene rings is 2. The highest BCUT2D eigenvalue weighted by molar-refractivity contribution is 5.90. The molecule has 0 saturated carbocycles. The van der Waals surface area contributed by atoms with Crippen molar-refractivity contribution in [3.8, 4) is 11.5 Å². The minimum Gasteiger partial charge on any atom is -0.454 e. The molecule has 2 fully saturated rings. The molecule has 0 bridgehead atoms. The maximum Gasteiger partial charge on any atom is 0.319 e. The van der Waals surface area contributed by atoms with Gasteiger partial charge in [-0.05, 0) is 37.1 Å². The fourth-order valence-corrected chi connectivity index (χ4v) is 4.93. The number of carbonyl (C=O) groups excluding carboxylic acids is 2. The van der Waals surface area contributed by atoms with Crippen molar-refractivity contribution in [1.29, 1.82) is 0 Å². The minimum atomic E-state index is -0.575. The smallest absolute Gasteiger partial charge is 0.319 e. The van der Waals surface area contributed by atoms with E-state index in [4.69, 9.17) is 14.2 Å². The van der Waals surface area contributed by atoms with Gasteiger partial charge in [0.25, 0.3) is 0 Å². The Morgan fingerprint density at radius 3 is 2.53 bits per heavy atom. The number of hydrogen-bond acceptors (Lipinski definition) is 7. The number of ether oxygens (including phenoxy) is 3. The second-order valence-corrected chi connectivity index (χ2v) is 9.24. The fourth-order valence-electron chi connectivity index (χ4n) is 4.93. The average molecular weight is 497 g/mol. The maximum absolute atomic E-state index is 12.9. The predicted molar refractivity (Wildman–Crippen MR) is 133 cm³/mol. The first-order valence-electron chi connectivity index (χ1n) is 12.4. The van der Waals surface area contributed by atoms with Crippen LogP contribution in [-0.4, -0.2) is 79.8 Å². The predicted octanol–water partition coefficient (Wildman–Crippen LogP) is 2.18. The first-order chi connectivity index (χ1) is 17.6. The van der Waals surface area contributed by atoms with Crippen LogP contribution in [0.15, 0.2) is 48.5 Å². The van der Waals surface area contributed by atoms with Crippen LogP contribution in [-0.2, 0) is 9.53 Å². The lowest BCUT2D eigenvalue weighted by molar-refractivity contribution is -0.140. The highest BCUT2D eigenvalue weighted by atomic mass is 16.7. The fraction of sp³-hybridized carbons (Fsp3) is 0.462. The lowest BCUT2D eigenvalue weighted by Crippen LogP contribution is -2.53. The molecule has 3 heterocycles. The van der Waals surface area contributed by atoms with Crippen molar-refractivity contribution < 1.29 is 28.9 Å². The van der Waals surface area contributed by atoms with Gasteiger partial charge in [-0.25, -0.2) is 4.79 Å². The Kier molecular flexibility index (Phi) is 7.43. The largest absolute Gasteiger partial charge is 0.454 e. The molecule has 0 radical (unpaired) electrons. The number of nitrogens with zero attached hydrogens (tertiary/aromatic N) is 2. The Morgan fingerprint density at radius 2 is 1.75 bits per heavy atom. The molecule has 36 heavy (non-hydrogen) atoms. The van der Waals surface area contributed by atoms with Gasteiger partial charge in [0.05, 0.1) is 25.2 Å². The number of hydrogen-bond donors (Lipinski definition) is 3. The summed E-state index contributed by atoms with van der Waals surface area (Å²) >= 11 is 0. The molecule has 0 aliphatic carbocycles. The van der Waals surface area contributed by atoms with Crippen LogP contribution in [0.4, 0.5) is 16.2 Å². The molecule has 192 valence electrons. The maximum atomic E-state index is 12.9. The van der Waals surface area contributed by atoms with E-state index in [-0.39, 0.29) is 37.9 Å². The summed E-state index contributed by atoms with van der Waals surface area (Å²) in [5, 5.41) is 15.5. The SMILES string of the molecule is O=C(Nc1ccc2c(c1)OCO2)N[C@@H]1CC[C@H](CC(=O)N2CCN(c3ccccc3)CC2)O[C@H]1CO. The zero-order valence-corrected chi connectivity index (χ0v) is 20.1. The van der Waals surface area contributed by atoms with Crippen molar-refractivity contribution in [2.24, 2.45) is 0 Å². The number of rotatable bonds is 6. The van der Waals surface area contributed by atoms with Crippen LogP contribution in [0.3, 0.4) is 0 Å². The summed E-state index contributed by atoms with van der Waals surface area (Å²) in [6.07, 6.45) is 0.657. The number of amides is 3. The van der Waals surface area contributed by atoms with Crippen LogP contribution >= 0.6 is 0 Å². The summed E-state index contributed by atoms with van der Waals surface area (Å²) in [5.41, 5.74) is 1.75. The Bertz CT molecular complexity index is 1060. The van der Waals surface area contributed by atoms with Crippen molar-refractivity contribution in [2.45, 2.75) is 37.5 Å². The van der Waals surface area contributed by atoms with Gasteiger partial charge in [-0.1, -0.05) is 18.2 Å². The van der Waals surface area contributed by atoms with E-state index in [0.29, 0.717) is 43.1 Å². The molecule has 3 aliphatic heterocycles. The zero-order chi connectivity index (χ0) is 24.9. The van der Waals surface area contributed by atoms with Gasteiger partial charge < -0.3 is 39.8 Å². The van der Waals surface area contributed by atoms with Crippen molar-refractivity contribution >= 4 is 23.3 Å². The van der Waals surface area contributed by atoms with E-state index < -0.39 is 12.1 Å². The van der Waals surface area contributed by atoms with Crippen LogP contribution in [0.25, 0.3) is 0 Å². The summed E-state index contributed by atoms with van der Waals surface area (Å²) in [6, 6.07) is 14.6. The van der Waals surface area contributed by atoms with E-state index in [9.17, 15) is 14.7 Å². The lowest BCUT2D eigenvalue weighted by atomic mass is 9.97. The number of piperazine rings is 1. The van der Waals surface area contributed by atoms with E-state index in [0.717, 1.165) is 13.1 Å². The monoisotopic (exact) mass is 496 g/mol. The van der Waals surface area contributed by atoms with Crippen molar-refractivity contribution in [1.82, 2.24) is 10.2 Å². The van der Waals surface area contributed by atoms with Crippen LogP contribution in [0, 0.1) is 0 Å². The molecule has 0 spiro atoms. The van der Waals surface area contributed by atoms with E-state index in [1.807, 2.05) is 23.1 Å². The minimum absolute atomic E-state index is 0.0661. The van der Waals surface area contributed by atoms with Gasteiger partial charge in [0, 0.05) is 43.6 Å². The number of nitrogens with one attached hydrogen (secondary N) is 2. The molecule has 10 heteroatoms. The molecule has 3 atom stereocenters. The summed E-state index contributed by atoms with van der Waals surface area (Å²) in [6.45, 7) is 2.86. The zero-order valence-electron chi connectivity index (χ0n) is 20.1. The standard InChI is InChI=1S/C26H32N4O6/c31-16-24-21(28-26(33)27-18-6-9-22-23(14-18)35-17-34-22)8-7-20(36-24)15-25(32)30-12-10-29(11-13-30)19-4-2-1-3-5-19/h1-6,9,14,20-21,24,31H,7-8,10-13,15-17H2,(H2,27,28,33)/t20-,21-,24+/m1/s1. The summed E-state index contributed by atoms with van der Waals surface area (Å²) in [4.78, 5) is 29.6. The van der Waals surface area contributed by atoms with Gasteiger partial charge in [0.1, 0.15) is 6.10 Å². The number of urea groups is 1. The molecular formula is C26H32N4O6. The third-order valence-corrected chi connectivity index (χ3v) is 6.90. The molecule has 10 nitrogen and oxygen atoms in total. The van der Waals surface area contributed by atoms with Crippen LogP contribution in [0.5, 0.6) is 11.5 Å². The van der Waals surface area contributed by atoms with Gasteiger partial charge in [0.2, 0.25) is 12.7 Å². The molecule has 2 saturated heterocycles. The number of carbonyl (C=O) groups is 2. The first kappa shape index (κ1) is 24.2. The van der Waals surface area contributed by atoms with Crippen molar-refractivity contribution in [3.05, 3.63) is 48.5 Å². The normalized spacial score (nSPS) is 23.3. The Hall–Kier alpha value is -3.50. The Balaban J connectivity index is 1.07. The van der Waals surface area contributed by atoms with Crippen LogP contribution in [0.1, 0.15) is 19.3 Å². The Labute approximate surface area is 210 Å². The van der Waals surface area contributed by atoms with Crippen LogP contribution < -0.4 is 25.0 Å². The number of aliphatic hydroxyl groups excluding tert-OH is 1. The summed E-state index contributed by atoms with van der Waals surface area (Å²) < 4.78 is 16.6. The lowest BCUT2D eigenvalue weighted by Gasteiger charge is -2.38. The average Bonchev–Trinajstić information content (AvgIpc) is 3.38. The highest BCUT2D eigenvalue weighted by Gasteiger charge is 2.34.